The number of hydrogen-bond donors (Lipinski definition) is 0. The van der Waals surface area contributed by atoms with Crippen molar-refractivity contribution < 1.29 is 13.9 Å². The van der Waals surface area contributed by atoms with Crippen LogP contribution in [-0.2, 0) is 4.79 Å². The number of allylic oxidation sites excluding steroid dienone is 2. The van der Waals surface area contributed by atoms with Gasteiger partial charge < -0.3 is 4.74 Å². The molecule has 3 aromatic carbocycles. The number of ketones is 1. The summed E-state index contributed by atoms with van der Waals surface area (Å²) in [6, 6.07) is 18.7. The van der Waals surface area contributed by atoms with Crippen LogP contribution in [0.4, 0.5) is 4.39 Å². The van der Waals surface area contributed by atoms with E-state index < -0.39 is 5.92 Å². The average molecular weight is 344 g/mol. The fourth-order valence-electron chi connectivity index (χ4n) is 4.22. The first-order chi connectivity index (χ1) is 12.7. The Kier molecular flexibility index (Phi) is 3.42. The topological polar surface area (TPSA) is 26.3 Å². The van der Waals surface area contributed by atoms with Crippen LogP contribution in [0.3, 0.4) is 0 Å². The first-order valence-electron chi connectivity index (χ1n) is 8.94. The van der Waals surface area contributed by atoms with Gasteiger partial charge in [-0.1, -0.05) is 48.5 Å². The molecule has 3 heteroatoms. The Bertz CT molecular complexity index is 1080. The van der Waals surface area contributed by atoms with E-state index in [0.717, 1.165) is 34.9 Å². The normalized spacial score (nSPS) is 19.1. The van der Waals surface area contributed by atoms with Crippen LogP contribution < -0.4 is 4.74 Å². The Hall–Kier alpha value is -2.94. The van der Waals surface area contributed by atoms with Crippen molar-refractivity contribution in [2.75, 3.05) is 0 Å². The number of carbonyl (C=O) groups is 1. The van der Waals surface area contributed by atoms with Crippen LogP contribution in [-0.4, -0.2) is 5.78 Å². The molecule has 2 aliphatic rings. The molecule has 1 aliphatic heterocycles. The molecule has 128 valence electrons. The zero-order chi connectivity index (χ0) is 17.7. The van der Waals surface area contributed by atoms with Crippen molar-refractivity contribution in [2.24, 2.45) is 0 Å². The molecule has 0 bridgehead atoms. The second-order valence-electron chi connectivity index (χ2n) is 6.87. The number of halogens is 1. The third-order valence-electron chi connectivity index (χ3n) is 5.37. The molecule has 0 radical (unpaired) electrons. The van der Waals surface area contributed by atoms with E-state index in [4.69, 9.17) is 4.74 Å². The summed E-state index contributed by atoms with van der Waals surface area (Å²) in [7, 11) is 0. The van der Waals surface area contributed by atoms with E-state index in [0.29, 0.717) is 23.3 Å². The summed E-state index contributed by atoms with van der Waals surface area (Å²) < 4.78 is 20.9. The number of rotatable bonds is 1. The summed E-state index contributed by atoms with van der Waals surface area (Å²) in [4.78, 5) is 12.8. The van der Waals surface area contributed by atoms with Gasteiger partial charge in [0.15, 0.2) is 5.78 Å². The maximum atomic E-state index is 14.8. The maximum absolute atomic E-state index is 14.8. The molecule has 0 fully saturated rings. The average Bonchev–Trinajstić information content (AvgIpc) is 2.67. The Morgan fingerprint density at radius 1 is 0.923 bits per heavy atom. The summed E-state index contributed by atoms with van der Waals surface area (Å²) in [6.07, 6.45) is 2.00. The van der Waals surface area contributed by atoms with Crippen molar-refractivity contribution in [2.45, 2.75) is 25.2 Å². The molecule has 1 unspecified atom stereocenters. The Balaban J connectivity index is 1.87. The maximum Gasteiger partial charge on any atom is 0.163 e. The molecule has 0 saturated carbocycles. The Labute approximate surface area is 150 Å². The van der Waals surface area contributed by atoms with Crippen LogP contribution in [0.15, 0.2) is 72.0 Å². The zero-order valence-electron chi connectivity index (χ0n) is 14.2. The van der Waals surface area contributed by atoms with Crippen LogP contribution in [0.25, 0.3) is 10.8 Å². The number of fused-ring (bicyclic) bond motifs is 3. The molecular weight excluding hydrogens is 327 g/mol. The highest BCUT2D eigenvalue weighted by atomic mass is 19.1. The molecule has 5 rings (SSSR count). The monoisotopic (exact) mass is 344 g/mol. The standard InChI is InChI=1S/C23H17FO2/c24-17-9-4-3-8-16(17)22-21-15-7-2-1-6-14(15)12-13-20(21)26-19-11-5-10-18(25)23(19)22/h1-4,6-9,12-13,22H,5,10-11H2. The molecule has 1 atom stereocenters. The van der Waals surface area contributed by atoms with Crippen LogP contribution in [0.5, 0.6) is 5.75 Å². The molecule has 0 aromatic heterocycles. The first-order valence-corrected chi connectivity index (χ1v) is 8.94. The van der Waals surface area contributed by atoms with Gasteiger partial charge in [0.1, 0.15) is 17.3 Å². The molecule has 26 heavy (non-hydrogen) atoms. The number of ether oxygens (including phenoxy) is 1. The summed E-state index contributed by atoms with van der Waals surface area (Å²) in [5, 5.41) is 2.06. The van der Waals surface area contributed by atoms with Gasteiger partial charge in [-0.3, -0.25) is 4.79 Å². The number of hydrogen-bond acceptors (Lipinski definition) is 2. The van der Waals surface area contributed by atoms with Gasteiger partial charge >= 0.3 is 0 Å². The number of Topliss-reactive ketones (excluding diaryl/α,β-unsaturated/α-hetero) is 1. The fraction of sp³-hybridized carbons (Fsp3) is 0.174. The first kappa shape index (κ1) is 15.3. The van der Waals surface area contributed by atoms with Crippen LogP contribution in [0.2, 0.25) is 0 Å². The number of benzene rings is 3. The van der Waals surface area contributed by atoms with Crippen molar-refractivity contribution in [1.82, 2.24) is 0 Å². The predicted molar refractivity (Wildman–Crippen MR) is 98.7 cm³/mol. The summed E-state index contributed by atoms with van der Waals surface area (Å²) >= 11 is 0. The SMILES string of the molecule is O=C1CCCC2=C1C(c1ccccc1F)c1c(ccc3ccccc13)O2. The highest BCUT2D eigenvalue weighted by Crippen LogP contribution is 2.49. The van der Waals surface area contributed by atoms with Crippen molar-refractivity contribution in [3.63, 3.8) is 0 Å². The van der Waals surface area contributed by atoms with Gasteiger partial charge in [0.25, 0.3) is 0 Å². The molecule has 1 aliphatic carbocycles. The molecule has 3 aromatic rings. The van der Waals surface area contributed by atoms with Crippen LogP contribution in [0, 0.1) is 5.82 Å². The van der Waals surface area contributed by atoms with E-state index in [-0.39, 0.29) is 11.6 Å². The molecule has 0 saturated heterocycles. The van der Waals surface area contributed by atoms with Crippen molar-refractivity contribution in [3.8, 4) is 5.75 Å². The lowest BCUT2D eigenvalue weighted by Crippen LogP contribution is -2.26. The summed E-state index contributed by atoms with van der Waals surface area (Å²) in [5.41, 5.74) is 2.06. The van der Waals surface area contributed by atoms with Crippen molar-refractivity contribution in [3.05, 3.63) is 88.9 Å². The third-order valence-corrected chi connectivity index (χ3v) is 5.37. The number of carbonyl (C=O) groups excluding carboxylic acids is 1. The van der Waals surface area contributed by atoms with Gasteiger partial charge in [-0.05, 0) is 29.3 Å². The van der Waals surface area contributed by atoms with Gasteiger partial charge in [0.05, 0.1) is 0 Å². The summed E-state index contributed by atoms with van der Waals surface area (Å²) in [5.74, 6) is 0.790. The fourth-order valence-corrected chi connectivity index (χ4v) is 4.22. The van der Waals surface area contributed by atoms with Gasteiger partial charge in [-0.15, -0.1) is 0 Å². The van der Waals surface area contributed by atoms with E-state index in [1.165, 1.54) is 6.07 Å². The van der Waals surface area contributed by atoms with Crippen LogP contribution in [0.1, 0.15) is 36.3 Å². The second-order valence-corrected chi connectivity index (χ2v) is 6.87. The lowest BCUT2D eigenvalue weighted by Gasteiger charge is -2.33. The Morgan fingerprint density at radius 2 is 1.73 bits per heavy atom. The van der Waals surface area contributed by atoms with E-state index >= 15 is 0 Å². The second kappa shape index (κ2) is 5.80. The van der Waals surface area contributed by atoms with E-state index in [9.17, 15) is 9.18 Å². The molecule has 2 nitrogen and oxygen atoms in total. The quantitative estimate of drug-likeness (QED) is 0.582. The zero-order valence-corrected chi connectivity index (χ0v) is 14.2. The smallest absolute Gasteiger partial charge is 0.163 e. The van der Waals surface area contributed by atoms with Crippen LogP contribution >= 0.6 is 0 Å². The lowest BCUT2D eigenvalue weighted by molar-refractivity contribution is -0.116. The highest BCUT2D eigenvalue weighted by molar-refractivity contribution is 6.01. The molecule has 0 N–H and O–H groups in total. The largest absolute Gasteiger partial charge is 0.461 e. The molecule has 0 amide bonds. The molecular formula is C23H17FO2. The van der Waals surface area contributed by atoms with E-state index in [2.05, 4.69) is 0 Å². The van der Waals surface area contributed by atoms with Gasteiger partial charge in [0, 0.05) is 35.5 Å². The molecule has 1 heterocycles. The van der Waals surface area contributed by atoms with Gasteiger partial charge in [-0.2, -0.15) is 0 Å². The predicted octanol–water partition coefficient (Wildman–Crippen LogP) is 5.51. The minimum atomic E-state index is -0.422. The van der Waals surface area contributed by atoms with E-state index in [1.54, 1.807) is 12.1 Å². The van der Waals surface area contributed by atoms with Gasteiger partial charge in [-0.25, -0.2) is 4.39 Å². The minimum absolute atomic E-state index is 0.0677. The van der Waals surface area contributed by atoms with E-state index in [1.807, 2.05) is 42.5 Å². The Morgan fingerprint density at radius 3 is 2.62 bits per heavy atom. The highest BCUT2D eigenvalue weighted by Gasteiger charge is 2.38. The third kappa shape index (κ3) is 2.20. The van der Waals surface area contributed by atoms with Crippen molar-refractivity contribution >= 4 is 16.6 Å². The summed E-state index contributed by atoms with van der Waals surface area (Å²) in [6.45, 7) is 0. The lowest BCUT2D eigenvalue weighted by atomic mass is 9.75. The van der Waals surface area contributed by atoms with Gasteiger partial charge in [0.2, 0.25) is 0 Å². The van der Waals surface area contributed by atoms with Crippen molar-refractivity contribution in [1.29, 1.82) is 0 Å². The minimum Gasteiger partial charge on any atom is -0.461 e. The molecule has 0 spiro atoms.